The lowest BCUT2D eigenvalue weighted by Crippen LogP contribution is -2.63. The highest BCUT2D eigenvalue weighted by Gasteiger charge is 2.49. The van der Waals surface area contributed by atoms with Crippen LogP contribution in [0, 0.1) is 11.3 Å². The van der Waals surface area contributed by atoms with Crippen LogP contribution in [0.4, 0.5) is 0 Å². The first-order valence-corrected chi connectivity index (χ1v) is 8.01. The maximum Gasteiger partial charge on any atom is 0.0655 e. The second-order valence-corrected chi connectivity index (χ2v) is 7.17. The average Bonchev–Trinajstić information content (AvgIpc) is 2.37. The van der Waals surface area contributed by atoms with Gasteiger partial charge in [0.2, 0.25) is 0 Å². The number of hydrogen-bond donors (Lipinski definition) is 1. The minimum absolute atomic E-state index is 0.283. The Morgan fingerprint density at radius 1 is 1.42 bits per heavy atom. The van der Waals surface area contributed by atoms with Gasteiger partial charge < -0.3 is 15.0 Å². The standard InChI is InChI=1S/C16H32N2O/c1-6-19-15-10-14(16(15,3)4)17-12(2)13-8-7-9-18(5)11-13/h12-15,17H,6-11H2,1-5H3. The molecule has 1 saturated carbocycles. The van der Waals surface area contributed by atoms with Crippen LogP contribution in [-0.4, -0.2) is 49.8 Å². The van der Waals surface area contributed by atoms with E-state index in [1.807, 2.05) is 0 Å². The highest BCUT2D eigenvalue weighted by molar-refractivity contribution is 5.04. The molecule has 0 aromatic rings. The number of nitrogens with one attached hydrogen (secondary N) is 1. The van der Waals surface area contributed by atoms with Gasteiger partial charge >= 0.3 is 0 Å². The molecule has 1 saturated heterocycles. The van der Waals surface area contributed by atoms with Gasteiger partial charge in [-0.25, -0.2) is 0 Å². The van der Waals surface area contributed by atoms with Crippen LogP contribution < -0.4 is 5.32 Å². The lowest BCUT2D eigenvalue weighted by Gasteiger charge is -2.53. The first kappa shape index (κ1) is 15.3. The van der Waals surface area contributed by atoms with Crippen LogP contribution in [0.2, 0.25) is 0 Å². The van der Waals surface area contributed by atoms with Gasteiger partial charge in [0.05, 0.1) is 6.10 Å². The molecule has 0 aromatic heterocycles. The SMILES string of the molecule is CCOC1CC(NC(C)C2CCCN(C)C2)C1(C)C. The van der Waals surface area contributed by atoms with Gasteiger partial charge in [-0.05, 0) is 52.6 Å². The molecule has 1 aliphatic heterocycles. The fraction of sp³-hybridized carbons (Fsp3) is 1.00. The van der Waals surface area contributed by atoms with Crippen molar-refractivity contribution in [3.8, 4) is 0 Å². The zero-order valence-electron chi connectivity index (χ0n) is 13.4. The molecular formula is C16H32N2O. The zero-order valence-corrected chi connectivity index (χ0v) is 13.4. The van der Waals surface area contributed by atoms with E-state index in [1.54, 1.807) is 0 Å². The van der Waals surface area contributed by atoms with Crippen LogP contribution >= 0.6 is 0 Å². The first-order chi connectivity index (χ1) is 8.95. The van der Waals surface area contributed by atoms with Crippen molar-refractivity contribution in [2.45, 2.75) is 65.1 Å². The molecule has 0 amide bonds. The van der Waals surface area contributed by atoms with Gasteiger partial charge in [0.25, 0.3) is 0 Å². The van der Waals surface area contributed by atoms with Crippen molar-refractivity contribution >= 4 is 0 Å². The van der Waals surface area contributed by atoms with E-state index in [0.717, 1.165) is 12.5 Å². The quantitative estimate of drug-likeness (QED) is 0.829. The Morgan fingerprint density at radius 3 is 2.74 bits per heavy atom. The van der Waals surface area contributed by atoms with Crippen LogP contribution in [0.25, 0.3) is 0 Å². The molecule has 0 aromatic carbocycles. The second kappa shape index (κ2) is 6.11. The topological polar surface area (TPSA) is 24.5 Å². The smallest absolute Gasteiger partial charge is 0.0655 e. The third-order valence-corrected chi connectivity index (χ3v) is 5.38. The molecular weight excluding hydrogens is 236 g/mol. The van der Waals surface area contributed by atoms with E-state index in [4.69, 9.17) is 4.74 Å². The van der Waals surface area contributed by atoms with Gasteiger partial charge in [-0.1, -0.05) is 13.8 Å². The molecule has 0 radical (unpaired) electrons. The summed E-state index contributed by atoms with van der Waals surface area (Å²) in [5.74, 6) is 0.806. The third-order valence-electron chi connectivity index (χ3n) is 5.38. The van der Waals surface area contributed by atoms with Crippen molar-refractivity contribution in [3.05, 3.63) is 0 Å². The minimum atomic E-state index is 0.283. The van der Waals surface area contributed by atoms with Crippen LogP contribution in [0.5, 0.6) is 0 Å². The van der Waals surface area contributed by atoms with E-state index in [2.05, 4.69) is 45.0 Å². The minimum Gasteiger partial charge on any atom is -0.378 e. The van der Waals surface area contributed by atoms with Crippen LogP contribution in [-0.2, 0) is 4.74 Å². The molecule has 3 nitrogen and oxygen atoms in total. The van der Waals surface area contributed by atoms with Gasteiger partial charge in [-0.3, -0.25) is 0 Å². The molecule has 1 aliphatic carbocycles. The van der Waals surface area contributed by atoms with Crippen molar-refractivity contribution in [1.29, 1.82) is 0 Å². The zero-order chi connectivity index (χ0) is 14.0. The molecule has 112 valence electrons. The van der Waals surface area contributed by atoms with Crippen molar-refractivity contribution in [2.24, 2.45) is 11.3 Å². The normalized spacial score (nSPS) is 36.8. The number of hydrogen-bond acceptors (Lipinski definition) is 3. The van der Waals surface area contributed by atoms with Gasteiger partial charge in [0.1, 0.15) is 0 Å². The Morgan fingerprint density at radius 2 is 2.16 bits per heavy atom. The van der Waals surface area contributed by atoms with E-state index >= 15 is 0 Å². The molecule has 2 rings (SSSR count). The predicted molar refractivity (Wildman–Crippen MR) is 80.4 cm³/mol. The van der Waals surface area contributed by atoms with Crippen LogP contribution in [0.1, 0.15) is 47.0 Å². The Balaban J connectivity index is 1.81. The molecule has 1 heterocycles. The molecule has 4 unspecified atom stereocenters. The van der Waals surface area contributed by atoms with Gasteiger partial charge in [0.15, 0.2) is 0 Å². The number of ether oxygens (including phenoxy) is 1. The Hall–Kier alpha value is -0.120. The molecule has 0 bridgehead atoms. The van der Waals surface area contributed by atoms with Crippen molar-refractivity contribution in [2.75, 3.05) is 26.7 Å². The summed E-state index contributed by atoms with van der Waals surface area (Å²) in [4.78, 5) is 2.47. The monoisotopic (exact) mass is 268 g/mol. The fourth-order valence-corrected chi connectivity index (χ4v) is 3.72. The third kappa shape index (κ3) is 3.32. The first-order valence-electron chi connectivity index (χ1n) is 8.01. The van der Waals surface area contributed by atoms with Crippen molar-refractivity contribution < 1.29 is 4.74 Å². The second-order valence-electron chi connectivity index (χ2n) is 7.17. The van der Waals surface area contributed by atoms with E-state index in [-0.39, 0.29) is 5.41 Å². The van der Waals surface area contributed by atoms with E-state index < -0.39 is 0 Å². The fourth-order valence-electron chi connectivity index (χ4n) is 3.72. The lowest BCUT2D eigenvalue weighted by atomic mass is 9.64. The van der Waals surface area contributed by atoms with E-state index in [9.17, 15) is 0 Å². The lowest BCUT2D eigenvalue weighted by molar-refractivity contribution is -0.117. The van der Waals surface area contributed by atoms with Crippen LogP contribution in [0.3, 0.4) is 0 Å². The summed E-state index contributed by atoms with van der Waals surface area (Å²) in [5, 5.41) is 3.88. The molecule has 0 spiro atoms. The largest absolute Gasteiger partial charge is 0.378 e. The maximum atomic E-state index is 5.82. The summed E-state index contributed by atoms with van der Waals surface area (Å²) < 4.78 is 5.82. The summed E-state index contributed by atoms with van der Waals surface area (Å²) in [6.45, 7) is 12.5. The van der Waals surface area contributed by atoms with Gasteiger partial charge in [-0.15, -0.1) is 0 Å². The molecule has 4 atom stereocenters. The number of nitrogens with zero attached hydrogens (tertiary/aromatic N) is 1. The maximum absolute atomic E-state index is 5.82. The molecule has 19 heavy (non-hydrogen) atoms. The summed E-state index contributed by atoms with van der Waals surface area (Å²) in [6.07, 6.45) is 4.34. The molecule has 2 fully saturated rings. The predicted octanol–water partition coefficient (Wildman–Crippen LogP) is 2.51. The Labute approximate surface area is 119 Å². The average molecular weight is 268 g/mol. The molecule has 3 heteroatoms. The Bertz CT molecular complexity index is 292. The summed E-state index contributed by atoms with van der Waals surface area (Å²) >= 11 is 0. The van der Waals surface area contributed by atoms with Gasteiger partial charge in [0, 0.05) is 30.7 Å². The number of likely N-dealkylation sites (tertiary alicyclic amines) is 1. The summed E-state index contributed by atoms with van der Waals surface area (Å²) in [6, 6.07) is 1.24. The Kier molecular flexibility index (Phi) is 4.91. The molecule has 1 N–H and O–H groups in total. The summed E-state index contributed by atoms with van der Waals surface area (Å²) in [7, 11) is 2.25. The van der Waals surface area contributed by atoms with Crippen LogP contribution in [0.15, 0.2) is 0 Å². The van der Waals surface area contributed by atoms with Gasteiger partial charge in [-0.2, -0.15) is 0 Å². The highest BCUT2D eigenvalue weighted by atomic mass is 16.5. The van der Waals surface area contributed by atoms with Crippen molar-refractivity contribution in [3.63, 3.8) is 0 Å². The summed E-state index contributed by atoms with van der Waals surface area (Å²) in [5.41, 5.74) is 0.283. The van der Waals surface area contributed by atoms with E-state index in [0.29, 0.717) is 18.2 Å². The van der Waals surface area contributed by atoms with Crippen molar-refractivity contribution in [1.82, 2.24) is 10.2 Å². The van der Waals surface area contributed by atoms with E-state index in [1.165, 1.54) is 32.4 Å². The number of piperidine rings is 1. The highest BCUT2D eigenvalue weighted by Crippen LogP contribution is 2.43. The molecule has 2 aliphatic rings. The number of rotatable bonds is 5.